The Morgan fingerprint density at radius 1 is 1.00 bits per heavy atom. The van der Waals surface area contributed by atoms with Gasteiger partial charge in [-0.25, -0.2) is 4.79 Å². The summed E-state index contributed by atoms with van der Waals surface area (Å²) >= 11 is 0. The van der Waals surface area contributed by atoms with Crippen LogP contribution >= 0.6 is 0 Å². The first-order chi connectivity index (χ1) is 14.5. The van der Waals surface area contributed by atoms with Crippen molar-refractivity contribution < 1.29 is 14.3 Å². The molecule has 1 aromatic heterocycles. The van der Waals surface area contributed by atoms with Crippen molar-refractivity contribution in [1.82, 2.24) is 14.5 Å². The Morgan fingerprint density at radius 3 is 2.27 bits per heavy atom. The summed E-state index contributed by atoms with van der Waals surface area (Å²) < 4.78 is 12.3. The first kappa shape index (κ1) is 21.9. The summed E-state index contributed by atoms with van der Waals surface area (Å²) in [4.78, 5) is 42.6. The fourth-order valence-corrected chi connectivity index (χ4v) is 3.87. The molecule has 3 rings (SSSR count). The molecule has 0 radical (unpaired) electrons. The van der Waals surface area contributed by atoms with E-state index in [1.54, 1.807) is 12.1 Å². The predicted octanol–water partition coefficient (Wildman–Crippen LogP) is 2.67. The lowest BCUT2D eigenvalue weighted by Crippen LogP contribution is -2.36. The molecule has 1 aromatic carbocycles. The third-order valence-electron chi connectivity index (χ3n) is 5.38. The molecular weight excluding hydrogens is 386 g/mol. The molecule has 8 heteroatoms. The zero-order chi connectivity index (χ0) is 21.5. The average molecular weight is 418 g/mol. The summed E-state index contributed by atoms with van der Waals surface area (Å²) in [5.41, 5.74) is -0.463. The van der Waals surface area contributed by atoms with Crippen molar-refractivity contribution in [3.63, 3.8) is 0 Å². The molecule has 2 heterocycles. The molecule has 1 aliphatic rings. The summed E-state index contributed by atoms with van der Waals surface area (Å²) in [6, 6.07) is 3.24. The van der Waals surface area contributed by atoms with E-state index in [0.717, 1.165) is 30.5 Å². The molecule has 2 aromatic rings. The lowest BCUT2D eigenvalue weighted by molar-refractivity contribution is -0.131. The summed E-state index contributed by atoms with van der Waals surface area (Å²) in [5.74, 6) is 1.06. The van der Waals surface area contributed by atoms with Gasteiger partial charge in [-0.3, -0.25) is 14.2 Å². The molecule has 30 heavy (non-hydrogen) atoms. The quantitative estimate of drug-likeness (QED) is 0.713. The zero-order valence-corrected chi connectivity index (χ0v) is 17.9. The molecule has 1 N–H and O–H groups in total. The van der Waals surface area contributed by atoms with E-state index in [2.05, 4.69) is 4.98 Å². The van der Waals surface area contributed by atoms with Crippen LogP contribution in [0.5, 0.6) is 11.5 Å². The first-order valence-electron chi connectivity index (χ1n) is 10.9. The average Bonchev–Trinajstić information content (AvgIpc) is 3.01. The number of hydrogen-bond acceptors (Lipinski definition) is 5. The monoisotopic (exact) mass is 417 g/mol. The highest BCUT2D eigenvalue weighted by molar-refractivity contribution is 5.81. The summed E-state index contributed by atoms with van der Waals surface area (Å²) in [6.07, 6.45) is 5.19. The molecule has 1 saturated heterocycles. The molecule has 1 aliphatic heterocycles. The normalized spacial score (nSPS) is 14.5. The van der Waals surface area contributed by atoms with Gasteiger partial charge in [0, 0.05) is 32.1 Å². The van der Waals surface area contributed by atoms with Gasteiger partial charge in [-0.05, 0) is 39.2 Å². The topological polar surface area (TPSA) is 93.6 Å². The minimum Gasteiger partial charge on any atom is -0.490 e. The second kappa shape index (κ2) is 10.3. The number of rotatable bonds is 8. The number of likely N-dealkylation sites (tertiary alicyclic amines) is 1. The third-order valence-corrected chi connectivity index (χ3v) is 5.38. The standard InChI is InChI=1S/C22H31N3O5/c1-3-29-18-14-16-17(15-19(18)30-4-2)23-22(28)25(21(16)27)13-9-10-20(26)24-11-7-5-6-8-12-24/h14-15H,3-13H2,1-2H3,(H,23,28). The maximum atomic E-state index is 12.9. The Hall–Kier alpha value is -2.77. The molecule has 0 aliphatic carbocycles. The van der Waals surface area contributed by atoms with Crippen LogP contribution in [-0.4, -0.2) is 46.7 Å². The number of aromatic amines is 1. The van der Waals surface area contributed by atoms with Crippen LogP contribution in [0.3, 0.4) is 0 Å². The van der Waals surface area contributed by atoms with E-state index in [-0.39, 0.29) is 18.0 Å². The second-order valence-electron chi connectivity index (χ2n) is 7.50. The van der Waals surface area contributed by atoms with Crippen molar-refractivity contribution in [3.8, 4) is 11.5 Å². The number of amides is 1. The number of nitrogens with zero attached hydrogens (tertiary/aromatic N) is 2. The lowest BCUT2D eigenvalue weighted by atomic mass is 10.2. The van der Waals surface area contributed by atoms with Crippen LogP contribution in [0, 0.1) is 0 Å². The van der Waals surface area contributed by atoms with Gasteiger partial charge in [-0.1, -0.05) is 12.8 Å². The van der Waals surface area contributed by atoms with Gasteiger partial charge in [0.25, 0.3) is 5.56 Å². The molecular formula is C22H31N3O5. The maximum absolute atomic E-state index is 12.9. The smallest absolute Gasteiger partial charge is 0.328 e. The van der Waals surface area contributed by atoms with Crippen molar-refractivity contribution in [2.24, 2.45) is 0 Å². The van der Waals surface area contributed by atoms with Gasteiger partial charge >= 0.3 is 5.69 Å². The van der Waals surface area contributed by atoms with Gasteiger partial charge in [-0.15, -0.1) is 0 Å². The molecule has 0 bridgehead atoms. The minimum atomic E-state index is -0.485. The van der Waals surface area contributed by atoms with Crippen LogP contribution in [0.2, 0.25) is 0 Å². The number of hydrogen-bond donors (Lipinski definition) is 1. The molecule has 0 spiro atoms. The predicted molar refractivity (Wildman–Crippen MR) is 115 cm³/mol. The highest BCUT2D eigenvalue weighted by atomic mass is 16.5. The molecule has 164 valence electrons. The fourth-order valence-electron chi connectivity index (χ4n) is 3.87. The van der Waals surface area contributed by atoms with Crippen molar-refractivity contribution in [2.45, 2.75) is 58.9 Å². The number of carbonyl (C=O) groups is 1. The lowest BCUT2D eigenvalue weighted by Gasteiger charge is -2.20. The van der Waals surface area contributed by atoms with Gasteiger partial charge in [0.1, 0.15) is 0 Å². The molecule has 0 atom stereocenters. The Labute approximate surface area is 175 Å². The Morgan fingerprint density at radius 2 is 1.63 bits per heavy atom. The molecule has 8 nitrogen and oxygen atoms in total. The Bertz CT molecular complexity index is 987. The largest absolute Gasteiger partial charge is 0.490 e. The number of H-pyrrole nitrogens is 1. The SMILES string of the molecule is CCOc1cc2[nH]c(=O)n(CCCC(=O)N3CCCCCC3)c(=O)c2cc1OCC. The van der Waals surface area contributed by atoms with Crippen LogP contribution in [0.15, 0.2) is 21.7 Å². The van der Waals surface area contributed by atoms with E-state index in [1.807, 2.05) is 18.7 Å². The number of ether oxygens (including phenoxy) is 2. The summed E-state index contributed by atoms with van der Waals surface area (Å²) in [6.45, 7) is 6.38. The van der Waals surface area contributed by atoms with E-state index in [9.17, 15) is 14.4 Å². The number of benzene rings is 1. The number of aromatic nitrogens is 2. The van der Waals surface area contributed by atoms with Crippen LogP contribution in [0.25, 0.3) is 10.9 Å². The van der Waals surface area contributed by atoms with Gasteiger partial charge < -0.3 is 19.4 Å². The number of nitrogens with one attached hydrogen (secondary N) is 1. The van der Waals surface area contributed by atoms with E-state index in [1.165, 1.54) is 12.8 Å². The van der Waals surface area contributed by atoms with Gasteiger partial charge in [0.2, 0.25) is 5.91 Å². The molecule has 0 saturated carbocycles. The molecule has 0 unspecified atom stereocenters. The third kappa shape index (κ3) is 5.04. The second-order valence-corrected chi connectivity index (χ2v) is 7.50. The molecule has 1 fully saturated rings. The van der Waals surface area contributed by atoms with E-state index in [0.29, 0.717) is 48.5 Å². The Balaban J connectivity index is 1.78. The van der Waals surface area contributed by atoms with Crippen molar-refractivity contribution in [3.05, 3.63) is 33.0 Å². The Kier molecular flexibility index (Phi) is 7.54. The van der Waals surface area contributed by atoms with Crippen LogP contribution < -0.4 is 20.7 Å². The highest BCUT2D eigenvalue weighted by Crippen LogP contribution is 2.30. The van der Waals surface area contributed by atoms with E-state index in [4.69, 9.17) is 9.47 Å². The first-order valence-corrected chi connectivity index (χ1v) is 10.9. The van der Waals surface area contributed by atoms with Crippen molar-refractivity contribution in [2.75, 3.05) is 26.3 Å². The maximum Gasteiger partial charge on any atom is 0.328 e. The number of carbonyl (C=O) groups excluding carboxylic acids is 1. The van der Waals surface area contributed by atoms with Gasteiger partial charge in [-0.2, -0.15) is 0 Å². The fraction of sp³-hybridized carbons (Fsp3) is 0.591. The minimum absolute atomic E-state index is 0.0992. The van der Waals surface area contributed by atoms with Gasteiger partial charge in [0.15, 0.2) is 11.5 Å². The van der Waals surface area contributed by atoms with Gasteiger partial charge in [0.05, 0.1) is 24.1 Å². The van der Waals surface area contributed by atoms with E-state index >= 15 is 0 Å². The van der Waals surface area contributed by atoms with Crippen LogP contribution in [0.4, 0.5) is 0 Å². The summed E-state index contributed by atoms with van der Waals surface area (Å²) in [7, 11) is 0. The summed E-state index contributed by atoms with van der Waals surface area (Å²) in [5, 5.41) is 0.361. The number of fused-ring (bicyclic) bond motifs is 1. The molecule has 1 amide bonds. The van der Waals surface area contributed by atoms with Crippen LogP contribution in [-0.2, 0) is 11.3 Å². The van der Waals surface area contributed by atoms with Crippen LogP contribution in [0.1, 0.15) is 52.4 Å². The van der Waals surface area contributed by atoms with E-state index < -0.39 is 5.69 Å². The van der Waals surface area contributed by atoms with Crippen molar-refractivity contribution in [1.29, 1.82) is 0 Å². The van der Waals surface area contributed by atoms with Crippen molar-refractivity contribution >= 4 is 16.8 Å². The highest BCUT2D eigenvalue weighted by Gasteiger charge is 2.17. The zero-order valence-electron chi connectivity index (χ0n) is 17.9.